The van der Waals surface area contributed by atoms with Gasteiger partial charge in [-0.3, -0.25) is 0 Å². The van der Waals surface area contributed by atoms with E-state index in [1.165, 1.54) is 76.7 Å². The minimum absolute atomic E-state index is 0. The Labute approximate surface area is 152 Å². The number of hydrogen-bond donors (Lipinski definition) is 0. The van der Waals surface area contributed by atoms with E-state index in [0.717, 1.165) is 30.6 Å². The number of hydrogen-bond acceptors (Lipinski definition) is 2. The van der Waals surface area contributed by atoms with Crippen LogP contribution in [0, 0.1) is 17.7 Å². The minimum atomic E-state index is -0.206. The molecule has 1 heterocycles. The summed E-state index contributed by atoms with van der Waals surface area (Å²) in [7, 11) is 0. The minimum Gasteiger partial charge on any atom is -0.494 e. The van der Waals surface area contributed by atoms with Crippen LogP contribution in [0.1, 0.15) is 51.4 Å². The molecule has 0 unspecified atom stereocenters. The van der Waals surface area contributed by atoms with Gasteiger partial charge in [0, 0.05) is 6.54 Å². The highest BCUT2D eigenvalue weighted by Crippen LogP contribution is 2.27. The standard InChI is InChI=1S/C20H30FNO.ClH/c21-19-6-8-20(9-7-19)23-15-12-17-10-13-22(14-11-17)16-18-4-2-1-3-5-18;/h6-9,17-18H,1-5,10-16H2;1H. The lowest BCUT2D eigenvalue weighted by Crippen LogP contribution is -2.37. The van der Waals surface area contributed by atoms with Crippen molar-refractivity contribution in [1.29, 1.82) is 0 Å². The van der Waals surface area contributed by atoms with Crippen LogP contribution in [0.15, 0.2) is 24.3 Å². The number of likely N-dealkylation sites (tertiary alicyclic amines) is 1. The second-order valence-corrected chi connectivity index (χ2v) is 7.34. The molecule has 1 aliphatic heterocycles. The predicted octanol–water partition coefficient (Wildman–Crippen LogP) is 5.31. The summed E-state index contributed by atoms with van der Waals surface area (Å²) in [5.74, 6) is 2.32. The lowest BCUT2D eigenvalue weighted by molar-refractivity contribution is 0.134. The summed E-state index contributed by atoms with van der Waals surface area (Å²) in [4.78, 5) is 2.69. The lowest BCUT2D eigenvalue weighted by atomic mass is 9.87. The molecule has 2 nitrogen and oxygen atoms in total. The van der Waals surface area contributed by atoms with Crippen LogP contribution in [0.25, 0.3) is 0 Å². The van der Waals surface area contributed by atoms with Gasteiger partial charge in [0.05, 0.1) is 6.61 Å². The van der Waals surface area contributed by atoms with Crippen molar-refractivity contribution in [3.8, 4) is 5.75 Å². The summed E-state index contributed by atoms with van der Waals surface area (Å²) >= 11 is 0. The van der Waals surface area contributed by atoms with Gasteiger partial charge < -0.3 is 9.64 Å². The molecule has 0 N–H and O–H groups in total. The maximum Gasteiger partial charge on any atom is 0.123 e. The Hall–Kier alpha value is -0.800. The largest absolute Gasteiger partial charge is 0.494 e. The smallest absolute Gasteiger partial charge is 0.123 e. The fourth-order valence-electron chi connectivity index (χ4n) is 4.07. The van der Waals surface area contributed by atoms with Gasteiger partial charge in [0.1, 0.15) is 11.6 Å². The van der Waals surface area contributed by atoms with Crippen molar-refractivity contribution < 1.29 is 9.13 Å². The van der Waals surface area contributed by atoms with E-state index in [2.05, 4.69) is 4.90 Å². The molecule has 3 rings (SSSR count). The first-order valence-corrected chi connectivity index (χ1v) is 9.40. The molecule has 1 saturated carbocycles. The quantitative estimate of drug-likeness (QED) is 0.685. The molecular formula is C20H31ClFNO. The molecular weight excluding hydrogens is 325 g/mol. The normalized spacial score (nSPS) is 20.5. The Morgan fingerprint density at radius 3 is 2.25 bits per heavy atom. The molecule has 1 aromatic carbocycles. The van der Waals surface area contributed by atoms with Crippen LogP contribution in [-0.4, -0.2) is 31.1 Å². The van der Waals surface area contributed by atoms with Gasteiger partial charge in [-0.15, -0.1) is 12.4 Å². The molecule has 24 heavy (non-hydrogen) atoms. The molecule has 0 amide bonds. The molecule has 2 aliphatic rings. The zero-order valence-electron chi connectivity index (χ0n) is 14.6. The fourth-order valence-corrected chi connectivity index (χ4v) is 4.07. The van der Waals surface area contributed by atoms with Crippen LogP contribution in [0.2, 0.25) is 0 Å². The number of rotatable bonds is 6. The number of ether oxygens (including phenoxy) is 1. The monoisotopic (exact) mass is 355 g/mol. The average Bonchev–Trinajstić information content (AvgIpc) is 2.59. The Kier molecular flexibility index (Phi) is 8.34. The van der Waals surface area contributed by atoms with E-state index in [1.54, 1.807) is 12.1 Å². The third-order valence-electron chi connectivity index (χ3n) is 5.56. The SMILES string of the molecule is Cl.Fc1ccc(OCCC2CCN(CC3CCCCC3)CC2)cc1. The first-order valence-electron chi connectivity index (χ1n) is 9.40. The number of piperidine rings is 1. The summed E-state index contributed by atoms with van der Waals surface area (Å²) in [6, 6.07) is 6.34. The fraction of sp³-hybridized carbons (Fsp3) is 0.700. The maximum absolute atomic E-state index is 12.8. The van der Waals surface area contributed by atoms with Crippen LogP contribution in [0.5, 0.6) is 5.75 Å². The van der Waals surface area contributed by atoms with Crippen LogP contribution in [-0.2, 0) is 0 Å². The van der Waals surface area contributed by atoms with Gasteiger partial charge in [-0.1, -0.05) is 19.3 Å². The first-order chi connectivity index (χ1) is 11.3. The van der Waals surface area contributed by atoms with E-state index in [0.29, 0.717) is 0 Å². The highest BCUT2D eigenvalue weighted by Gasteiger charge is 2.22. The topological polar surface area (TPSA) is 12.5 Å². The lowest BCUT2D eigenvalue weighted by Gasteiger charge is -2.35. The van der Waals surface area contributed by atoms with Gasteiger partial charge in [0.25, 0.3) is 0 Å². The second-order valence-electron chi connectivity index (χ2n) is 7.34. The van der Waals surface area contributed by atoms with Crippen molar-refractivity contribution in [2.45, 2.75) is 51.4 Å². The van der Waals surface area contributed by atoms with Crippen molar-refractivity contribution in [1.82, 2.24) is 4.90 Å². The van der Waals surface area contributed by atoms with Gasteiger partial charge in [-0.05, 0) is 81.3 Å². The third-order valence-corrected chi connectivity index (χ3v) is 5.56. The molecule has 2 fully saturated rings. The van der Waals surface area contributed by atoms with Gasteiger partial charge in [-0.25, -0.2) is 4.39 Å². The van der Waals surface area contributed by atoms with Crippen molar-refractivity contribution in [3.05, 3.63) is 30.1 Å². The van der Waals surface area contributed by atoms with Crippen LogP contribution in [0.3, 0.4) is 0 Å². The van der Waals surface area contributed by atoms with Crippen molar-refractivity contribution in [2.75, 3.05) is 26.2 Å². The number of nitrogens with zero attached hydrogens (tertiary/aromatic N) is 1. The van der Waals surface area contributed by atoms with Crippen LogP contribution in [0.4, 0.5) is 4.39 Å². The highest BCUT2D eigenvalue weighted by molar-refractivity contribution is 5.85. The Morgan fingerprint density at radius 1 is 0.917 bits per heavy atom. The van der Waals surface area contributed by atoms with Crippen LogP contribution < -0.4 is 4.74 Å². The zero-order valence-corrected chi connectivity index (χ0v) is 15.4. The maximum atomic E-state index is 12.8. The van der Waals surface area contributed by atoms with Gasteiger partial charge in [0.2, 0.25) is 0 Å². The number of benzene rings is 1. The van der Waals surface area contributed by atoms with Gasteiger partial charge in [-0.2, -0.15) is 0 Å². The van der Waals surface area contributed by atoms with Crippen LogP contribution >= 0.6 is 12.4 Å². The van der Waals surface area contributed by atoms with Crippen molar-refractivity contribution in [3.63, 3.8) is 0 Å². The van der Waals surface area contributed by atoms with E-state index in [-0.39, 0.29) is 18.2 Å². The van der Waals surface area contributed by atoms with Gasteiger partial charge in [0.15, 0.2) is 0 Å². The summed E-state index contributed by atoms with van der Waals surface area (Å²) in [5.41, 5.74) is 0. The van der Waals surface area contributed by atoms with Crippen molar-refractivity contribution in [2.24, 2.45) is 11.8 Å². The second kappa shape index (κ2) is 10.2. The summed E-state index contributed by atoms with van der Waals surface area (Å²) < 4.78 is 18.6. The molecule has 136 valence electrons. The molecule has 0 spiro atoms. The molecule has 0 aromatic heterocycles. The Bertz CT molecular complexity index is 453. The Balaban J connectivity index is 0.00000208. The highest BCUT2D eigenvalue weighted by atomic mass is 35.5. The Morgan fingerprint density at radius 2 is 1.58 bits per heavy atom. The summed E-state index contributed by atoms with van der Waals surface area (Å²) in [6.07, 6.45) is 11.0. The zero-order chi connectivity index (χ0) is 15.9. The number of halogens is 2. The van der Waals surface area contributed by atoms with Gasteiger partial charge >= 0.3 is 0 Å². The van der Waals surface area contributed by atoms with E-state index >= 15 is 0 Å². The summed E-state index contributed by atoms with van der Waals surface area (Å²) in [6.45, 7) is 4.60. The molecule has 1 aliphatic carbocycles. The third kappa shape index (κ3) is 6.25. The molecule has 1 saturated heterocycles. The average molecular weight is 356 g/mol. The van der Waals surface area contributed by atoms with E-state index in [4.69, 9.17) is 4.74 Å². The molecule has 0 radical (unpaired) electrons. The van der Waals surface area contributed by atoms with E-state index in [1.807, 2.05) is 0 Å². The molecule has 4 heteroatoms. The van der Waals surface area contributed by atoms with Crippen molar-refractivity contribution >= 4 is 12.4 Å². The molecule has 0 atom stereocenters. The predicted molar refractivity (Wildman–Crippen MR) is 99.5 cm³/mol. The van der Waals surface area contributed by atoms with E-state index in [9.17, 15) is 4.39 Å². The molecule has 1 aromatic rings. The molecule has 0 bridgehead atoms. The van der Waals surface area contributed by atoms with E-state index < -0.39 is 0 Å². The summed E-state index contributed by atoms with van der Waals surface area (Å²) in [5, 5.41) is 0. The first kappa shape index (κ1) is 19.5.